The molecule has 1 aromatic heterocycles. The van der Waals surface area contributed by atoms with Crippen LogP contribution in [0.2, 0.25) is 0 Å². The molecule has 0 atom stereocenters. The van der Waals surface area contributed by atoms with Gasteiger partial charge in [-0.2, -0.15) is 0 Å². The number of aryl methyl sites for hydroxylation is 1. The summed E-state index contributed by atoms with van der Waals surface area (Å²) in [4.78, 5) is 35.3. The van der Waals surface area contributed by atoms with Crippen LogP contribution in [0.1, 0.15) is 18.2 Å². The maximum atomic E-state index is 12.3. The number of nitrogens with zero attached hydrogens (tertiary/aromatic N) is 4. The first-order valence-electron chi connectivity index (χ1n) is 11.8. The maximum Gasteiger partial charge on any atom is 0.244 e. The number of hydrogen-bond acceptors (Lipinski definition) is 6. The lowest BCUT2D eigenvalue weighted by Gasteiger charge is -2.36. The zero-order chi connectivity index (χ0) is 24.6. The van der Waals surface area contributed by atoms with Crippen molar-refractivity contribution in [3.05, 3.63) is 77.3 Å². The third kappa shape index (κ3) is 6.77. The molecule has 35 heavy (non-hydrogen) atoms. The van der Waals surface area contributed by atoms with E-state index >= 15 is 0 Å². The van der Waals surface area contributed by atoms with Crippen molar-refractivity contribution in [2.75, 3.05) is 49.1 Å². The molecule has 2 aromatic carbocycles. The van der Waals surface area contributed by atoms with Gasteiger partial charge in [-0.25, -0.2) is 4.98 Å². The summed E-state index contributed by atoms with van der Waals surface area (Å²) in [6, 6.07) is 18.0. The Morgan fingerprint density at radius 3 is 2.57 bits per heavy atom. The van der Waals surface area contributed by atoms with Crippen LogP contribution in [-0.4, -0.2) is 61.0 Å². The van der Waals surface area contributed by atoms with Crippen molar-refractivity contribution in [2.24, 2.45) is 0 Å². The van der Waals surface area contributed by atoms with Crippen molar-refractivity contribution in [3.8, 4) is 0 Å². The Kier molecular flexibility index (Phi) is 8.28. The number of carbonyl (C=O) groups excluding carboxylic acids is 2. The van der Waals surface area contributed by atoms with Crippen molar-refractivity contribution < 1.29 is 9.59 Å². The summed E-state index contributed by atoms with van der Waals surface area (Å²) in [5.74, 6) is -0.261. The predicted octanol–water partition coefficient (Wildman–Crippen LogP) is 4.09. The number of rotatable bonds is 8. The van der Waals surface area contributed by atoms with E-state index in [2.05, 4.69) is 51.3 Å². The second-order valence-corrected chi connectivity index (χ2v) is 9.37. The lowest BCUT2D eigenvalue weighted by Crippen LogP contribution is -2.48. The molecule has 1 aliphatic heterocycles. The van der Waals surface area contributed by atoms with Crippen molar-refractivity contribution in [1.29, 1.82) is 0 Å². The summed E-state index contributed by atoms with van der Waals surface area (Å²) in [6.07, 6.45) is 3.17. The monoisotopic (exact) mass is 489 g/mol. The average molecular weight is 490 g/mol. The van der Waals surface area contributed by atoms with Crippen LogP contribution < -0.4 is 15.1 Å². The number of hydrogen-bond donors (Lipinski definition) is 1. The third-order valence-corrected chi connectivity index (χ3v) is 6.75. The number of thiazole rings is 1. The van der Waals surface area contributed by atoms with Crippen LogP contribution in [0.25, 0.3) is 6.08 Å². The Labute approximate surface area is 210 Å². The van der Waals surface area contributed by atoms with E-state index in [1.807, 2.05) is 35.7 Å². The fourth-order valence-electron chi connectivity index (χ4n) is 4.07. The standard InChI is InChI=1S/C27H31N5O2S/c1-21-7-6-10-25(19-21)31-17-15-30(16-18-31)14-13-28-26(34)12-11-23-20-35-27(29-23)32(22(2)33)24-8-4-3-5-9-24/h3-12,19-20H,13-18H2,1-2H3,(H,28,34)/b12-11+. The van der Waals surface area contributed by atoms with Crippen LogP contribution in [0.15, 0.2) is 66.1 Å². The van der Waals surface area contributed by atoms with Gasteiger partial charge < -0.3 is 10.2 Å². The minimum Gasteiger partial charge on any atom is -0.369 e. The summed E-state index contributed by atoms with van der Waals surface area (Å²) in [5.41, 5.74) is 3.97. The van der Waals surface area contributed by atoms with E-state index in [9.17, 15) is 9.59 Å². The molecule has 7 nitrogen and oxygen atoms in total. The molecule has 4 rings (SSSR count). The maximum absolute atomic E-state index is 12.3. The van der Waals surface area contributed by atoms with Crippen LogP contribution >= 0.6 is 11.3 Å². The Balaban J connectivity index is 1.22. The van der Waals surface area contributed by atoms with Gasteiger partial charge in [-0.3, -0.25) is 19.4 Å². The highest BCUT2D eigenvalue weighted by Crippen LogP contribution is 2.29. The molecule has 0 saturated carbocycles. The lowest BCUT2D eigenvalue weighted by molar-refractivity contribution is -0.117. The van der Waals surface area contributed by atoms with Gasteiger partial charge in [-0.15, -0.1) is 11.3 Å². The number of piperazine rings is 1. The number of anilines is 3. The van der Waals surface area contributed by atoms with Crippen molar-refractivity contribution in [2.45, 2.75) is 13.8 Å². The van der Waals surface area contributed by atoms with Crippen LogP contribution in [-0.2, 0) is 9.59 Å². The summed E-state index contributed by atoms with van der Waals surface area (Å²) < 4.78 is 0. The largest absolute Gasteiger partial charge is 0.369 e. The van der Waals surface area contributed by atoms with Crippen LogP contribution in [0, 0.1) is 6.92 Å². The Morgan fingerprint density at radius 1 is 1.09 bits per heavy atom. The first-order valence-corrected chi connectivity index (χ1v) is 12.7. The molecule has 0 radical (unpaired) electrons. The molecule has 0 bridgehead atoms. The molecule has 1 saturated heterocycles. The van der Waals surface area contributed by atoms with Gasteiger partial charge in [-0.05, 0) is 42.8 Å². The molecule has 8 heteroatoms. The average Bonchev–Trinajstić information content (AvgIpc) is 3.32. The summed E-state index contributed by atoms with van der Waals surface area (Å²) in [7, 11) is 0. The molecule has 2 heterocycles. The van der Waals surface area contributed by atoms with Gasteiger partial charge in [0.1, 0.15) is 0 Å². The van der Waals surface area contributed by atoms with Gasteiger partial charge in [0.2, 0.25) is 11.8 Å². The molecular weight excluding hydrogens is 458 g/mol. The smallest absolute Gasteiger partial charge is 0.244 e. The highest BCUT2D eigenvalue weighted by Gasteiger charge is 2.18. The zero-order valence-corrected chi connectivity index (χ0v) is 21.0. The van der Waals surface area contributed by atoms with Crippen LogP contribution in [0.3, 0.4) is 0 Å². The highest BCUT2D eigenvalue weighted by molar-refractivity contribution is 7.14. The predicted molar refractivity (Wildman–Crippen MR) is 143 cm³/mol. The molecule has 0 spiro atoms. The van der Waals surface area contributed by atoms with E-state index in [4.69, 9.17) is 0 Å². The SMILES string of the molecule is CC(=O)N(c1ccccc1)c1nc(/C=C/C(=O)NCCN2CCN(c3cccc(C)c3)CC2)cs1. The molecule has 0 unspecified atom stereocenters. The van der Waals surface area contributed by atoms with Crippen molar-refractivity contribution >= 4 is 45.7 Å². The van der Waals surface area contributed by atoms with E-state index in [1.54, 1.807) is 11.0 Å². The number of para-hydroxylation sites is 1. The van der Waals surface area contributed by atoms with Crippen molar-refractivity contribution in [3.63, 3.8) is 0 Å². The Bertz CT molecular complexity index is 1170. The molecule has 3 aromatic rings. The molecule has 0 aliphatic carbocycles. The molecule has 1 fully saturated rings. The number of carbonyl (C=O) groups is 2. The van der Waals surface area contributed by atoms with Gasteiger partial charge in [-0.1, -0.05) is 30.3 Å². The minimum atomic E-state index is -0.149. The first kappa shape index (κ1) is 24.6. The molecular formula is C27H31N5O2S. The fraction of sp³-hybridized carbons (Fsp3) is 0.296. The number of amides is 2. The third-order valence-electron chi connectivity index (χ3n) is 5.90. The summed E-state index contributed by atoms with van der Waals surface area (Å²) in [5, 5.41) is 5.37. The number of aromatic nitrogens is 1. The van der Waals surface area contributed by atoms with E-state index < -0.39 is 0 Å². The van der Waals surface area contributed by atoms with Gasteiger partial charge in [0.15, 0.2) is 5.13 Å². The van der Waals surface area contributed by atoms with Gasteiger partial charge in [0.25, 0.3) is 0 Å². The normalized spacial score (nSPS) is 14.3. The fourth-order valence-corrected chi connectivity index (χ4v) is 4.93. The van der Waals surface area contributed by atoms with Crippen LogP contribution in [0.4, 0.5) is 16.5 Å². The second kappa shape index (κ2) is 11.8. The Hall–Kier alpha value is -3.49. The lowest BCUT2D eigenvalue weighted by atomic mass is 10.2. The van der Waals surface area contributed by atoms with E-state index in [0.29, 0.717) is 17.4 Å². The number of benzene rings is 2. The van der Waals surface area contributed by atoms with E-state index in [-0.39, 0.29) is 11.8 Å². The van der Waals surface area contributed by atoms with E-state index in [0.717, 1.165) is 38.4 Å². The van der Waals surface area contributed by atoms with Gasteiger partial charge in [0, 0.05) is 63.3 Å². The summed E-state index contributed by atoms with van der Waals surface area (Å²) >= 11 is 1.37. The second-order valence-electron chi connectivity index (χ2n) is 8.54. The van der Waals surface area contributed by atoms with E-state index in [1.165, 1.54) is 35.6 Å². The van der Waals surface area contributed by atoms with Crippen LogP contribution in [0.5, 0.6) is 0 Å². The molecule has 2 amide bonds. The Morgan fingerprint density at radius 2 is 1.86 bits per heavy atom. The first-order chi connectivity index (χ1) is 17.0. The van der Waals surface area contributed by atoms with Gasteiger partial charge in [0.05, 0.1) is 11.4 Å². The van der Waals surface area contributed by atoms with Crippen molar-refractivity contribution in [1.82, 2.24) is 15.2 Å². The topological polar surface area (TPSA) is 68.8 Å². The summed E-state index contributed by atoms with van der Waals surface area (Å²) in [6.45, 7) is 9.00. The molecule has 1 aliphatic rings. The minimum absolute atomic E-state index is 0.112. The zero-order valence-electron chi connectivity index (χ0n) is 20.2. The number of nitrogens with one attached hydrogen (secondary N) is 1. The molecule has 182 valence electrons. The van der Waals surface area contributed by atoms with Gasteiger partial charge >= 0.3 is 0 Å². The highest BCUT2D eigenvalue weighted by atomic mass is 32.1. The quantitative estimate of drug-likeness (QED) is 0.483. The molecule has 1 N–H and O–H groups in total.